The minimum Gasteiger partial charge on any atom is -0.393 e. The number of hydrogen-bond donors (Lipinski definition) is 2. The zero-order valence-electron chi connectivity index (χ0n) is 6.03. The zero-order valence-corrected chi connectivity index (χ0v) is 6.03. The molecule has 2 aliphatic carbocycles. The van der Waals surface area contributed by atoms with Gasteiger partial charge in [-0.15, -0.1) is 0 Å². The van der Waals surface area contributed by atoms with E-state index in [1.807, 2.05) is 0 Å². The second-order valence-electron chi connectivity index (χ2n) is 3.64. The Hall–Kier alpha value is -0.0800. The molecule has 2 nitrogen and oxygen atoms in total. The first-order valence-electron chi connectivity index (χ1n) is 4.15. The van der Waals surface area contributed by atoms with Crippen molar-refractivity contribution < 1.29 is 10.2 Å². The molecule has 58 valence electrons. The highest BCUT2D eigenvalue weighted by atomic mass is 16.3. The predicted octanol–water partition coefficient (Wildman–Crippen LogP) is 0.528. The van der Waals surface area contributed by atoms with Crippen LogP contribution in [-0.2, 0) is 0 Å². The van der Waals surface area contributed by atoms with E-state index in [2.05, 4.69) is 0 Å². The molecule has 0 saturated heterocycles. The predicted molar refractivity (Wildman–Crippen MR) is 37.5 cm³/mol. The summed E-state index contributed by atoms with van der Waals surface area (Å²) in [7, 11) is 0. The summed E-state index contributed by atoms with van der Waals surface area (Å²) in [6.07, 6.45) is 3.69. The van der Waals surface area contributed by atoms with Gasteiger partial charge in [0.05, 0.1) is 12.2 Å². The summed E-state index contributed by atoms with van der Waals surface area (Å²) in [6, 6.07) is 0. The summed E-state index contributed by atoms with van der Waals surface area (Å²) in [4.78, 5) is 0. The molecule has 0 spiro atoms. The van der Waals surface area contributed by atoms with E-state index in [0.717, 1.165) is 25.7 Å². The average Bonchev–Trinajstić information content (AvgIpc) is 2.13. The molecule has 2 saturated carbocycles. The quantitative estimate of drug-likeness (QED) is 0.518. The normalized spacial score (nSPS) is 53.4. The van der Waals surface area contributed by atoms with Gasteiger partial charge in [-0.05, 0) is 31.6 Å². The lowest BCUT2D eigenvalue weighted by molar-refractivity contribution is -0.0224. The molecule has 0 aromatic carbocycles. The smallest absolute Gasteiger partial charge is 0.0621 e. The van der Waals surface area contributed by atoms with Crippen LogP contribution < -0.4 is 0 Å². The molecule has 0 radical (unpaired) electrons. The second-order valence-corrected chi connectivity index (χ2v) is 3.64. The summed E-state index contributed by atoms with van der Waals surface area (Å²) < 4.78 is 0. The molecular formula is C8H14O2. The Balaban J connectivity index is 2.13. The maximum absolute atomic E-state index is 9.52. The minimum atomic E-state index is -0.214. The van der Waals surface area contributed by atoms with Crippen LogP contribution in [0.2, 0.25) is 0 Å². The molecule has 2 rings (SSSR count). The topological polar surface area (TPSA) is 40.5 Å². The van der Waals surface area contributed by atoms with Crippen molar-refractivity contribution in [2.45, 2.75) is 37.9 Å². The highest BCUT2D eigenvalue weighted by molar-refractivity contribution is 4.93. The average molecular weight is 142 g/mol. The first kappa shape index (κ1) is 6.62. The van der Waals surface area contributed by atoms with Crippen molar-refractivity contribution >= 4 is 0 Å². The van der Waals surface area contributed by atoms with E-state index < -0.39 is 0 Å². The molecule has 2 N–H and O–H groups in total. The Kier molecular flexibility index (Phi) is 1.46. The van der Waals surface area contributed by atoms with E-state index in [4.69, 9.17) is 0 Å². The molecule has 2 fully saturated rings. The Morgan fingerprint density at radius 1 is 0.900 bits per heavy atom. The molecule has 2 bridgehead atoms. The fourth-order valence-electron chi connectivity index (χ4n) is 2.43. The molecule has 4 atom stereocenters. The van der Waals surface area contributed by atoms with Crippen LogP contribution in [-0.4, -0.2) is 22.4 Å². The van der Waals surface area contributed by atoms with Crippen LogP contribution in [0.15, 0.2) is 0 Å². The molecule has 0 aromatic heterocycles. The molecule has 0 aromatic rings. The summed E-state index contributed by atoms with van der Waals surface area (Å²) in [5.41, 5.74) is 0. The van der Waals surface area contributed by atoms with Crippen molar-refractivity contribution in [2.24, 2.45) is 11.8 Å². The van der Waals surface area contributed by atoms with Gasteiger partial charge in [0.25, 0.3) is 0 Å². The maximum atomic E-state index is 9.52. The molecule has 2 heteroatoms. The Morgan fingerprint density at radius 3 is 2.30 bits per heavy atom. The molecule has 0 aliphatic heterocycles. The standard InChI is InChI=1S/C8H14O2/c9-7-4-2-5-1-3-6(7)8(5)10/h5-10H,1-4H2. The summed E-state index contributed by atoms with van der Waals surface area (Å²) in [6.45, 7) is 0. The van der Waals surface area contributed by atoms with Crippen LogP contribution in [0.5, 0.6) is 0 Å². The van der Waals surface area contributed by atoms with Gasteiger partial charge in [-0.25, -0.2) is 0 Å². The van der Waals surface area contributed by atoms with Gasteiger partial charge in [0.15, 0.2) is 0 Å². The van der Waals surface area contributed by atoms with Gasteiger partial charge < -0.3 is 10.2 Å². The van der Waals surface area contributed by atoms with Gasteiger partial charge in [-0.2, -0.15) is 0 Å². The van der Waals surface area contributed by atoms with Crippen LogP contribution in [0.4, 0.5) is 0 Å². The summed E-state index contributed by atoms with van der Waals surface area (Å²) in [5, 5.41) is 18.9. The van der Waals surface area contributed by atoms with Gasteiger partial charge >= 0.3 is 0 Å². The third-order valence-corrected chi connectivity index (χ3v) is 3.12. The molecular weight excluding hydrogens is 128 g/mol. The lowest BCUT2D eigenvalue weighted by Gasteiger charge is -2.29. The highest BCUT2D eigenvalue weighted by Crippen LogP contribution is 2.42. The van der Waals surface area contributed by atoms with Crippen LogP contribution in [0.3, 0.4) is 0 Å². The Bertz CT molecular complexity index is 135. The van der Waals surface area contributed by atoms with Crippen molar-refractivity contribution in [3.8, 4) is 0 Å². The third-order valence-electron chi connectivity index (χ3n) is 3.12. The second kappa shape index (κ2) is 2.21. The van der Waals surface area contributed by atoms with Gasteiger partial charge in [-0.3, -0.25) is 0 Å². The van der Waals surface area contributed by atoms with E-state index >= 15 is 0 Å². The monoisotopic (exact) mass is 142 g/mol. The molecule has 0 heterocycles. The van der Waals surface area contributed by atoms with E-state index in [1.165, 1.54) is 0 Å². The molecule has 10 heavy (non-hydrogen) atoms. The van der Waals surface area contributed by atoms with E-state index in [-0.39, 0.29) is 18.1 Å². The lowest BCUT2D eigenvalue weighted by Crippen LogP contribution is -2.35. The fourth-order valence-corrected chi connectivity index (χ4v) is 2.43. The summed E-state index contributed by atoms with van der Waals surface area (Å²) >= 11 is 0. The van der Waals surface area contributed by atoms with Crippen molar-refractivity contribution in [3.63, 3.8) is 0 Å². The highest BCUT2D eigenvalue weighted by Gasteiger charge is 2.42. The number of hydrogen-bond acceptors (Lipinski definition) is 2. The van der Waals surface area contributed by atoms with Crippen molar-refractivity contribution in [1.82, 2.24) is 0 Å². The van der Waals surface area contributed by atoms with Crippen LogP contribution in [0.25, 0.3) is 0 Å². The van der Waals surface area contributed by atoms with Gasteiger partial charge in [0.2, 0.25) is 0 Å². The first-order valence-corrected chi connectivity index (χ1v) is 4.15. The number of rotatable bonds is 0. The first-order chi connectivity index (χ1) is 4.79. The number of aliphatic hydroxyl groups excluding tert-OH is 2. The number of aliphatic hydroxyl groups is 2. The molecule has 2 aliphatic rings. The van der Waals surface area contributed by atoms with E-state index in [1.54, 1.807) is 0 Å². The SMILES string of the molecule is OC1CCC2CCC1C2O. The molecule has 0 amide bonds. The van der Waals surface area contributed by atoms with E-state index in [0.29, 0.717) is 5.92 Å². The van der Waals surface area contributed by atoms with Crippen LogP contribution in [0, 0.1) is 11.8 Å². The summed E-state index contributed by atoms with van der Waals surface area (Å²) in [5.74, 6) is 0.715. The molecule has 4 unspecified atom stereocenters. The van der Waals surface area contributed by atoms with Crippen molar-refractivity contribution in [3.05, 3.63) is 0 Å². The minimum absolute atomic E-state index is 0.191. The van der Waals surface area contributed by atoms with Gasteiger partial charge in [0.1, 0.15) is 0 Å². The Morgan fingerprint density at radius 2 is 1.60 bits per heavy atom. The van der Waals surface area contributed by atoms with E-state index in [9.17, 15) is 10.2 Å². The number of fused-ring (bicyclic) bond motifs is 2. The largest absolute Gasteiger partial charge is 0.393 e. The fraction of sp³-hybridized carbons (Fsp3) is 1.00. The van der Waals surface area contributed by atoms with Gasteiger partial charge in [-0.1, -0.05) is 0 Å². The van der Waals surface area contributed by atoms with Crippen molar-refractivity contribution in [1.29, 1.82) is 0 Å². The lowest BCUT2D eigenvalue weighted by atomic mass is 9.84. The van der Waals surface area contributed by atoms with Crippen LogP contribution >= 0.6 is 0 Å². The maximum Gasteiger partial charge on any atom is 0.0621 e. The van der Waals surface area contributed by atoms with Crippen LogP contribution in [0.1, 0.15) is 25.7 Å². The van der Waals surface area contributed by atoms with Gasteiger partial charge in [0, 0.05) is 5.92 Å². The van der Waals surface area contributed by atoms with Crippen molar-refractivity contribution in [2.75, 3.05) is 0 Å². The third kappa shape index (κ3) is 0.789. The zero-order chi connectivity index (χ0) is 7.14. The Labute approximate surface area is 60.9 Å².